The summed E-state index contributed by atoms with van der Waals surface area (Å²) in [6.07, 6.45) is 0.881. The fourth-order valence-electron chi connectivity index (χ4n) is 1.74. The highest BCUT2D eigenvalue weighted by molar-refractivity contribution is 7.89. The Morgan fingerprint density at radius 3 is 2.56 bits per heavy atom. The van der Waals surface area contributed by atoms with E-state index in [-0.39, 0.29) is 43.1 Å². The minimum Gasteiger partial charge on any atom is -0.342 e. The molecule has 0 aromatic carbocycles. The number of amides is 1. The van der Waals surface area contributed by atoms with Crippen LogP contribution in [-0.4, -0.2) is 62.0 Å². The zero-order valence-electron chi connectivity index (χ0n) is 10.8. The van der Waals surface area contributed by atoms with Gasteiger partial charge in [-0.3, -0.25) is 4.79 Å². The SMILES string of the molecule is CC(CN)N(C)C(=O)CCN1CCCS1(=O)=O.Cl. The van der Waals surface area contributed by atoms with E-state index in [4.69, 9.17) is 5.73 Å². The third-order valence-electron chi connectivity index (χ3n) is 3.17. The Bertz CT molecular complexity index is 375. The summed E-state index contributed by atoms with van der Waals surface area (Å²) in [6, 6.07) is -0.0160. The Morgan fingerprint density at radius 1 is 1.50 bits per heavy atom. The summed E-state index contributed by atoms with van der Waals surface area (Å²) in [6.45, 7) is 3.09. The van der Waals surface area contributed by atoms with Crippen molar-refractivity contribution in [3.8, 4) is 0 Å². The van der Waals surface area contributed by atoms with Crippen LogP contribution in [0.1, 0.15) is 19.8 Å². The van der Waals surface area contributed by atoms with Crippen LogP contribution >= 0.6 is 12.4 Å². The van der Waals surface area contributed by atoms with E-state index < -0.39 is 10.0 Å². The van der Waals surface area contributed by atoms with Gasteiger partial charge in [0.25, 0.3) is 0 Å². The van der Waals surface area contributed by atoms with Crippen LogP contribution in [0, 0.1) is 0 Å². The molecule has 1 atom stereocenters. The van der Waals surface area contributed by atoms with Crippen molar-refractivity contribution in [2.75, 3.05) is 32.4 Å². The number of halogens is 1. The fourth-order valence-corrected chi connectivity index (χ4v) is 3.27. The molecule has 0 bridgehead atoms. The van der Waals surface area contributed by atoms with E-state index in [1.165, 1.54) is 4.31 Å². The molecule has 0 aromatic heterocycles. The standard InChI is InChI=1S/C10H21N3O3S.ClH/c1-9(8-11)12(2)10(14)4-6-13-5-3-7-17(13,15)16;/h9H,3-8,11H2,1-2H3;1H. The van der Waals surface area contributed by atoms with Gasteiger partial charge in [-0.2, -0.15) is 0 Å². The van der Waals surface area contributed by atoms with Crippen molar-refractivity contribution in [1.82, 2.24) is 9.21 Å². The second-order valence-corrected chi connectivity index (χ2v) is 6.50. The Kier molecular flexibility index (Phi) is 7.13. The Morgan fingerprint density at radius 2 is 2.11 bits per heavy atom. The van der Waals surface area contributed by atoms with E-state index in [0.717, 1.165) is 0 Å². The van der Waals surface area contributed by atoms with Crippen LogP contribution in [0.2, 0.25) is 0 Å². The maximum Gasteiger partial charge on any atom is 0.223 e. The molecule has 2 N–H and O–H groups in total. The molecule has 0 aliphatic carbocycles. The molecule has 108 valence electrons. The van der Waals surface area contributed by atoms with Gasteiger partial charge in [0.15, 0.2) is 0 Å². The first-order valence-electron chi connectivity index (χ1n) is 5.82. The monoisotopic (exact) mass is 299 g/mol. The predicted molar refractivity (Wildman–Crippen MR) is 73.1 cm³/mol. The van der Waals surface area contributed by atoms with Crippen molar-refractivity contribution in [2.45, 2.75) is 25.8 Å². The molecule has 1 aliphatic rings. The molecule has 0 radical (unpaired) electrons. The molecule has 1 heterocycles. The third-order valence-corrected chi connectivity index (χ3v) is 5.13. The van der Waals surface area contributed by atoms with E-state index in [1.54, 1.807) is 11.9 Å². The van der Waals surface area contributed by atoms with Crippen LogP contribution in [0.3, 0.4) is 0 Å². The first-order valence-corrected chi connectivity index (χ1v) is 7.43. The molecule has 1 aliphatic heterocycles. The highest BCUT2D eigenvalue weighted by Crippen LogP contribution is 2.13. The minimum absolute atomic E-state index is 0. The highest BCUT2D eigenvalue weighted by Gasteiger charge is 2.28. The topological polar surface area (TPSA) is 83.7 Å². The van der Waals surface area contributed by atoms with Gasteiger partial charge in [-0.15, -0.1) is 12.4 Å². The van der Waals surface area contributed by atoms with Gasteiger partial charge in [-0.1, -0.05) is 0 Å². The van der Waals surface area contributed by atoms with Crippen molar-refractivity contribution < 1.29 is 13.2 Å². The van der Waals surface area contributed by atoms with E-state index in [9.17, 15) is 13.2 Å². The molecule has 8 heteroatoms. The zero-order chi connectivity index (χ0) is 13.1. The molecule has 1 fully saturated rings. The lowest BCUT2D eigenvalue weighted by Gasteiger charge is -2.24. The lowest BCUT2D eigenvalue weighted by Crippen LogP contribution is -2.41. The maximum absolute atomic E-state index is 11.8. The Hall–Kier alpha value is -0.370. The van der Waals surface area contributed by atoms with Crippen molar-refractivity contribution >= 4 is 28.3 Å². The fraction of sp³-hybridized carbons (Fsp3) is 0.900. The Balaban J connectivity index is 0.00000289. The van der Waals surface area contributed by atoms with Gasteiger partial charge in [-0.25, -0.2) is 12.7 Å². The molecular formula is C10H22ClN3O3S. The van der Waals surface area contributed by atoms with Gasteiger partial charge in [-0.05, 0) is 13.3 Å². The summed E-state index contributed by atoms with van der Waals surface area (Å²) in [7, 11) is -1.40. The number of hydrogen-bond acceptors (Lipinski definition) is 4. The van der Waals surface area contributed by atoms with Crippen LogP contribution in [0.4, 0.5) is 0 Å². The number of nitrogens with zero attached hydrogens (tertiary/aromatic N) is 2. The molecule has 1 rings (SSSR count). The van der Waals surface area contributed by atoms with E-state index in [0.29, 0.717) is 19.5 Å². The third kappa shape index (κ3) is 4.38. The summed E-state index contributed by atoms with van der Waals surface area (Å²) >= 11 is 0. The van der Waals surface area contributed by atoms with Gasteiger partial charge in [0, 0.05) is 39.1 Å². The first kappa shape index (κ1) is 17.6. The average molecular weight is 300 g/mol. The van der Waals surface area contributed by atoms with Gasteiger partial charge >= 0.3 is 0 Å². The summed E-state index contributed by atoms with van der Waals surface area (Å²) < 4.78 is 24.4. The molecule has 0 saturated carbocycles. The molecule has 6 nitrogen and oxygen atoms in total. The van der Waals surface area contributed by atoms with E-state index in [2.05, 4.69) is 0 Å². The number of sulfonamides is 1. The van der Waals surface area contributed by atoms with Crippen LogP contribution in [0.25, 0.3) is 0 Å². The number of hydrogen-bond donors (Lipinski definition) is 1. The molecule has 1 saturated heterocycles. The molecule has 1 amide bonds. The van der Waals surface area contributed by atoms with E-state index >= 15 is 0 Å². The van der Waals surface area contributed by atoms with Crippen molar-refractivity contribution in [2.24, 2.45) is 5.73 Å². The summed E-state index contributed by atoms with van der Waals surface area (Å²) in [4.78, 5) is 13.3. The molecule has 1 unspecified atom stereocenters. The van der Waals surface area contributed by atoms with Crippen molar-refractivity contribution in [3.05, 3.63) is 0 Å². The van der Waals surface area contributed by atoms with Gasteiger partial charge in [0.2, 0.25) is 15.9 Å². The van der Waals surface area contributed by atoms with E-state index in [1.807, 2.05) is 6.92 Å². The van der Waals surface area contributed by atoms with Crippen LogP contribution in [-0.2, 0) is 14.8 Å². The summed E-state index contributed by atoms with van der Waals surface area (Å²) in [5.74, 6) is 0.140. The number of carbonyl (C=O) groups excluding carboxylic acids is 1. The van der Waals surface area contributed by atoms with Crippen LogP contribution in [0.15, 0.2) is 0 Å². The normalized spacial score (nSPS) is 20.2. The highest BCUT2D eigenvalue weighted by atomic mass is 35.5. The lowest BCUT2D eigenvalue weighted by molar-refractivity contribution is -0.131. The second-order valence-electron chi connectivity index (χ2n) is 4.41. The van der Waals surface area contributed by atoms with Crippen LogP contribution in [0.5, 0.6) is 0 Å². The maximum atomic E-state index is 11.8. The Labute approximate surface area is 115 Å². The molecular weight excluding hydrogens is 278 g/mol. The first-order chi connectivity index (χ1) is 7.88. The predicted octanol–water partition coefficient (Wildman–Crippen LogP) is -0.361. The summed E-state index contributed by atoms with van der Waals surface area (Å²) in [5, 5.41) is 0. The second kappa shape index (κ2) is 7.28. The molecule has 18 heavy (non-hydrogen) atoms. The quantitative estimate of drug-likeness (QED) is 0.751. The average Bonchev–Trinajstić information content (AvgIpc) is 2.63. The molecule has 0 spiro atoms. The van der Waals surface area contributed by atoms with Crippen molar-refractivity contribution in [1.29, 1.82) is 0 Å². The molecule has 0 aromatic rings. The number of rotatable bonds is 5. The largest absolute Gasteiger partial charge is 0.342 e. The lowest BCUT2D eigenvalue weighted by atomic mass is 10.2. The number of likely N-dealkylation sites (N-methyl/N-ethyl adjacent to an activating group) is 1. The zero-order valence-corrected chi connectivity index (χ0v) is 12.5. The van der Waals surface area contributed by atoms with Gasteiger partial charge < -0.3 is 10.6 Å². The smallest absolute Gasteiger partial charge is 0.223 e. The number of nitrogens with two attached hydrogens (primary N) is 1. The van der Waals surface area contributed by atoms with Crippen LogP contribution < -0.4 is 5.73 Å². The minimum atomic E-state index is -3.10. The van der Waals surface area contributed by atoms with Gasteiger partial charge in [0.05, 0.1) is 5.75 Å². The number of carbonyl (C=O) groups is 1. The summed E-state index contributed by atoms with van der Waals surface area (Å²) in [5.41, 5.74) is 5.47. The van der Waals surface area contributed by atoms with Crippen molar-refractivity contribution in [3.63, 3.8) is 0 Å². The van der Waals surface area contributed by atoms with Gasteiger partial charge in [0.1, 0.15) is 0 Å².